The lowest BCUT2D eigenvalue weighted by atomic mass is 9.97. The molecule has 1 heteroatoms. The molecule has 0 radical (unpaired) electrons. The van der Waals surface area contributed by atoms with Crippen molar-refractivity contribution in [1.29, 1.82) is 0 Å². The highest BCUT2D eigenvalue weighted by atomic mass is 16.5. The largest absolute Gasteiger partial charge is 0.372 e. The second-order valence-corrected chi connectivity index (χ2v) is 6.98. The maximum absolute atomic E-state index is 5.93. The van der Waals surface area contributed by atoms with Gasteiger partial charge in [0.1, 0.15) is 5.60 Å². The number of rotatable bonds is 2. The summed E-state index contributed by atoms with van der Waals surface area (Å²) in [5.41, 5.74) is 1.07. The molecular weight excluding hydrogens is 232 g/mol. The molecule has 0 bridgehead atoms. The Hall–Kier alpha value is -1.26. The van der Waals surface area contributed by atoms with Crippen LogP contribution in [0, 0.1) is 28.6 Å². The van der Waals surface area contributed by atoms with Gasteiger partial charge in [0.25, 0.3) is 0 Å². The van der Waals surface area contributed by atoms with Crippen LogP contribution in [0.25, 0.3) is 0 Å². The molecule has 0 saturated heterocycles. The smallest absolute Gasteiger partial charge is 0.113 e. The van der Waals surface area contributed by atoms with Crippen LogP contribution in [-0.2, 0) is 10.3 Å². The van der Waals surface area contributed by atoms with E-state index in [1.54, 1.807) is 7.11 Å². The van der Waals surface area contributed by atoms with Crippen LogP contribution in [0.4, 0.5) is 0 Å². The van der Waals surface area contributed by atoms with E-state index in [-0.39, 0.29) is 22.3 Å². The third-order valence-corrected chi connectivity index (χ3v) is 4.12. The van der Waals surface area contributed by atoms with Crippen molar-refractivity contribution in [1.82, 2.24) is 0 Å². The normalized spacial score (nSPS) is 28.4. The first-order valence-electron chi connectivity index (χ1n) is 6.89. The monoisotopic (exact) mass is 256 g/mol. The van der Waals surface area contributed by atoms with Crippen LogP contribution < -0.4 is 0 Å². The SMILES string of the molecule is COC1(c2ccccc2)C(C#CC(C)(C)C)C1(C)C. The van der Waals surface area contributed by atoms with E-state index in [0.717, 1.165) is 0 Å². The molecule has 1 saturated carbocycles. The van der Waals surface area contributed by atoms with Gasteiger partial charge in [0.2, 0.25) is 0 Å². The summed E-state index contributed by atoms with van der Waals surface area (Å²) < 4.78 is 5.93. The van der Waals surface area contributed by atoms with E-state index in [9.17, 15) is 0 Å². The van der Waals surface area contributed by atoms with Gasteiger partial charge in [-0.2, -0.15) is 0 Å². The van der Waals surface area contributed by atoms with Crippen molar-refractivity contribution in [2.75, 3.05) is 7.11 Å². The number of ether oxygens (including phenoxy) is 1. The fourth-order valence-corrected chi connectivity index (χ4v) is 3.02. The minimum Gasteiger partial charge on any atom is -0.372 e. The second-order valence-electron chi connectivity index (χ2n) is 6.98. The Labute approximate surface area is 117 Å². The number of methoxy groups -OCH3 is 1. The summed E-state index contributed by atoms with van der Waals surface area (Å²) in [6, 6.07) is 10.5. The van der Waals surface area contributed by atoms with Crippen LogP contribution >= 0.6 is 0 Å². The van der Waals surface area contributed by atoms with Crippen molar-refractivity contribution in [3.63, 3.8) is 0 Å². The number of benzene rings is 1. The zero-order valence-corrected chi connectivity index (χ0v) is 12.9. The average molecular weight is 256 g/mol. The Kier molecular flexibility index (Phi) is 3.27. The minimum atomic E-state index is -0.257. The molecule has 2 atom stereocenters. The average Bonchev–Trinajstić information content (AvgIpc) is 2.83. The van der Waals surface area contributed by atoms with Gasteiger partial charge in [-0.1, -0.05) is 56.0 Å². The van der Waals surface area contributed by atoms with Gasteiger partial charge in [-0.15, -0.1) is 0 Å². The summed E-state index contributed by atoms with van der Waals surface area (Å²) in [6.45, 7) is 10.9. The number of hydrogen-bond acceptors (Lipinski definition) is 1. The Bertz CT molecular complexity index is 510. The molecule has 0 aromatic heterocycles. The summed E-state index contributed by atoms with van der Waals surface area (Å²) in [5, 5.41) is 0. The van der Waals surface area contributed by atoms with Gasteiger partial charge in [-0.05, 0) is 26.3 Å². The van der Waals surface area contributed by atoms with Gasteiger partial charge in [-0.3, -0.25) is 0 Å². The van der Waals surface area contributed by atoms with Gasteiger partial charge in [0.15, 0.2) is 0 Å². The highest BCUT2D eigenvalue weighted by Gasteiger charge is 2.72. The summed E-state index contributed by atoms with van der Waals surface area (Å²) in [5.74, 6) is 7.08. The predicted octanol–water partition coefficient (Wildman–Crippen LogP) is 4.23. The van der Waals surface area contributed by atoms with Crippen molar-refractivity contribution >= 4 is 0 Å². The van der Waals surface area contributed by atoms with Gasteiger partial charge in [0.05, 0.1) is 5.92 Å². The van der Waals surface area contributed by atoms with Crippen LogP contribution in [0.3, 0.4) is 0 Å². The van der Waals surface area contributed by atoms with Crippen molar-refractivity contribution in [2.24, 2.45) is 16.7 Å². The molecule has 1 aliphatic carbocycles. The Balaban J connectivity index is 2.40. The summed E-state index contributed by atoms with van der Waals surface area (Å²) in [6.07, 6.45) is 0. The first kappa shape index (κ1) is 14.2. The van der Waals surface area contributed by atoms with Crippen molar-refractivity contribution in [3.8, 4) is 11.8 Å². The van der Waals surface area contributed by atoms with Crippen molar-refractivity contribution in [2.45, 2.75) is 40.2 Å². The number of hydrogen-bond donors (Lipinski definition) is 0. The molecule has 0 aliphatic heterocycles. The molecule has 0 N–H and O–H groups in total. The van der Waals surface area contributed by atoms with E-state index >= 15 is 0 Å². The van der Waals surface area contributed by atoms with E-state index < -0.39 is 0 Å². The maximum Gasteiger partial charge on any atom is 0.113 e. The fourth-order valence-electron chi connectivity index (χ4n) is 3.02. The van der Waals surface area contributed by atoms with Crippen LogP contribution in [0.1, 0.15) is 40.2 Å². The van der Waals surface area contributed by atoms with E-state index in [0.29, 0.717) is 0 Å². The molecule has 102 valence electrons. The molecule has 2 rings (SSSR count). The van der Waals surface area contributed by atoms with Crippen molar-refractivity contribution < 1.29 is 4.74 Å². The standard InChI is InChI=1S/C18H24O/c1-16(2,3)13-12-15-17(4,5)18(15,19-6)14-10-8-7-9-11-14/h7-11,15H,1-6H3. The van der Waals surface area contributed by atoms with Crippen LogP contribution in [0.2, 0.25) is 0 Å². The van der Waals surface area contributed by atoms with E-state index in [1.165, 1.54) is 5.56 Å². The predicted molar refractivity (Wildman–Crippen MR) is 79.6 cm³/mol. The first-order valence-corrected chi connectivity index (χ1v) is 6.89. The first-order chi connectivity index (χ1) is 8.75. The molecule has 19 heavy (non-hydrogen) atoms. The molecule has 1 aromatic carbocycles. The highest BCUT2D eigenvalue weighted by Crippen LogP contribution is 2.69. The Morgan fingerprint density at radius 1 is 1.11 bits per heavy atom. The van der Waals surface area contributed by atoms with Crippen LogP contribution in [-0.4, -0.2) is 7.11 Å². The molecule has 1 nitrogen and oxygen atoms in total. The molecule has 0 amide bonds. The quantitative estimate of drug-likeness (QED) is 0.719. The van der Waals surface area contributed by atoms with Crippen LogP contribution in [0.15, 0.2) is 30.3 Å². The van der Waals surface area contributed by atoms with Crippen molar-refractivity contribution in [3.05, 3.63) is 35.9 Å². The highest BCUT2D eigenvalue weighted by molar-refractivity contribution is 5.42. The van der Waals surface area contributed by atoms with Gasteiger partial charge >= 0.3 is 0 Å². The second kappa shape index (κ2) is 4.39. The summed E-state index contributed by atoms with van der Waals surface area (Å²) in [7, 11) is 1.80. The van der Waals surface area contributed by atoms with Gasteiger partial charge < -0.3 is 4.74 Å². The van der Waals surface area contributed by atoms with Gasteiger partial charge in [-0.25, -0.2) is 0 Å². The molecule has 0 spiro atoms. The van der Waals surface area contributed by atoms with Crippen LogP contribution in [0.5, 0.6) is 0 Å². The minimum absolute atomic E-state index is 0.0365. The summed E-state index contributed by atoms with van der Waals surface area (Å²) in [4.78, 5) is 0. The maximum atomic E-state index is 5.93. The lowest BCUT2D eigenvalue weighted by Crippen LogP contribution is -2.17. The lowest BCUT2D eigenvalue weighted by Gasteiger charge is -2.18. The fraction of sp³-hybridized carbons (Fsp3) is 0.556. The Morgan fingerprint density at radius 2 is 1.68 bits per heavy atom. The molecular formula is C18H24O. The van der Waals surface area contributed by atoms with E-state index in [4.69, 9.17) is 4.74 Å². The molecule has 1 aromatic rings. The third kappa shape index (κ3) is 2.19. The zero-order valence-electron chi connectivity index (χ0n) is 12.9. The molecule has 0 heterocycles. The molecule has 1 fully saturated rings. The van der Waals surface area contributed by atoms with Gasteiger partial charge in [0, 0.05) is 17.9 Å². The van der Waals surface area contributed by atoms with E-state index in [2.05, 4.69) is 70.7 Å². The topological polar surface area (TPSA) is 9.23 Å². The summed E-state index contributed by atoms with van der Waals surface area (Å²) >= 11 is 0. The Morgan fingerprint density at radius 3 is 2.16 bits per heavy atom. The zero-order chi connectivity index (χ0) is 14.3. The van der Waals surface area contributed by atoms with E-state index in [1.807, 2.05) is 6.07 Å². The third-order valence-electron chi connectivity index (χ3n) is 4.12. The lowest BCUT2D eigenvalue weighted by molar-refractivity contribution is 0.0421. The molecule has 1 aliphatic rings. The molecule has 2 unspecified atom stereocenters.